The number of nitrogens with two attached hydrogens (primary N) is 1. The average molecular weight is 270 g/mol. The summed E-state index contributed by atoms with van der Waals surface area (Å²) in [6.45, 7) is 0. The molecule has 90 valence electrons. The number of hydrogen-bond donors (Lipinski definition) is 3. The van der Waals surface area contributed by atoms with Crippen LogP contribution >= 0.6 is 11.3 Å². The molecule has 0 aliphatic rings. The lowest BCUT2D eigenvalue weighted by atomic mass is 10.3. The molecule has 0 spiro atoms. The molecule has 4 N–H and O–H groups in total. The maximum absolute atomic E-state index is 11.9. The average Bonchev–Trinajstić information content (AvgIpc) is 2.65. The fourth-order valence-corrected chi connectivity index (χ4v) is 3.38. The quantitative estimate of drug-likeness (QED) is 0.793. The summed E-state index contributed by atoms with van der Waals surface area (Å²) in [6, 6.07) is 7.27. The summed E-state index contributed by atoms with van der Waals surface area (Å²) in [5.74, 6) is -0.00380. The van der Waals surface area contributed by atoms with Crippen molar-refractivity contribution in [3.63, 3.8) is 0 Å². The number of hydrogen-bond acceptors (Lipinski definition) is 5. The normalized spacial score (nSPS) is 11.3. The molecule has 17 heavy (non-hydrogen) atoms. The van der Waals surface area contributed by atoms with Crippen molar-refractivity contribution < 1.29 is 13.5 Å². The van der Waals surface area contributed by atoms with Gasteiger partial charge in [-0.3, -0.25) is 4.72 Å². The molecule has 7 heteroatoms. The highest BCUT2D eigenvalue weighted by molar-refractivity contribution is 7.94. The summed E-state index contributed by atoms with van der Waals surface area (Å²) in [4.78, 5) is 0. The van der Waals surface area contributed by atoms with E-state index >= 15 is 0 Å². The van der Waals surface area contributed by atoms with E-state index in [4.69, 9.17) is 5.73 Å². The van der Waals surface area contributed by atoms with Crippen LogP contribution in [0.5, 0.6) is 5.75 Å². The van der Waals surface area contributed by atoms with Crippen molar-refractivity contribution in [3.05, 3.63) is 35.7 Å². The molecule has 0 unspecified atom stereocenters. The zero-order valence-corrected chi connectivity index (χ0v) is 10.3. The summed E-state index contributed by atoms with van der Waals surface area (Å²) in [5.41, 5.74) is 6.18. The van der Waals surface area contributed by atoms with E-state index in [2.05, 4.69) is 4.72 Å². The topological polar surface area (TPSA) is 92.4 Å². The van der Waals surface area contributed by atoms with Gasteiger partial charge in [0, 0.05) is 17.1 Å². The first kappa shape index (κ1) is 11.7. The molecule has 0 saturated heterocycles. The summed E-state index contributed by atoms with van der Waals surface area (Å²) in [6.07, 6.45) is 0. The highest BCUT2D eigenvalue weighted by Gasteiger charge is 2.16. The van der Waals surface area contributed by atoms with Crippen LogP contribution in [0, 0.1) is 0 Å². The molecule has 0 atom stereocenters. The number of sulfonamides is 1. The highest BCUT2D eigenvalue weighted by Crippen LogP contribution is 2.25. The van der Waals surface area contributed by atoms with E-state index < -0.39 is 10.0 Å². The Hall–Kier alpha value is -1.73. The van der Waals surface area contributed by atoms with Crippen molar-refractivity contribution in [2.24, 2.45) is 0 Å². The first-order chi connectivity index (χ1) is 7.97. The molecular formula is C10H10N2O3S2. The number of aromatic hydroxyl groups is 1. The van der Waals surface area contributed by atoms with Crippen molar-refractivity contribution in [3.8, 4) is 5.75 Å². The number of phenolic OH excluding ortho intramolecular Hbond substituents is 1. The predicted molar refractivity (Wildman–Crippen MR) is 67.6 cm³/mol. The van der Waals surface area contributed by atoms with Crippen LogP contribution in [-0.2, 0) is 10.0 Å². The van der Waals surface area contributed by atoms with Gasteiger partial charge in [0.15, 0.2) is 0 Å². The molecule has 0 aliphatic carbocycles. The number of anilines is 2. The Morgan fingerprint density at radius 3 is 2.65 bits per heavy atom. The molecule has 2 rings (SSSR count). The van der Waals surface area contributed by atoms with Gasteiger partial charge in [-0.2, -0.15) is 0 Å². The number of nitrogen functional groups attached to an aromatic ring is 1. The van der Waals surface area contributed by atoms with Crippen LogP contribution in [0.2, 0.25) is 0 Å². The Morgan fingerprint density at radius 2 is 2.06 bits per heavy atom. The van der Waals surface area contributed by atoms with E-state index in [1.165, 1.54) is 18.2 Å². The first-order valence-corrected chi connectivity index (χ1v) is 6.99. The predicted octanol–water partition coefficient (Wildman–Crippen LogP) is 1.84. The van der Waals surface area contributed by atoms with Gasteiger partial charge in [-0.15, -0.1) is 11.3 Å². The standard InChI is InChI=1S/C10H10N2O3S2/c11-7-4-10(16-6-7)17(14,15)12-8-2-1-3-9(13)5-8/h1-6,12-13H,11H2. The monoisotopic (exact) mass is 270 g/mol. The lowest BCUT2D eigenvalue weighted by Gasteiger charge is -2.05. The third kappa shape index (κ3) is 2.69. The minimum Gasteiger partial charge on any atom is -0.508 e. The van der Waals surface area contributed by atoms with E-state index in [0.29, 0.717) is 11.4 Å². The fourth-order valence-electron chi connectivity index (χ4n) is 1.25. The van der Waals surface area contributed by atoms with Gasteiger partial charge >= 0.3 is 0 Å². The number of benzene rings is 1. The van der Waals surface area contributed by atoms with Crippen LogP contribution in [0.25, 0.3) is 0 Å². The van der Waals surface area contributed by atoms with Crippen molar-refractivity contribution in [2.45, 2.75) is 4.21 Å². The summed E-state index contributed by atoms with van der Waals surface area (Å²) >= 11 is 1.04. The minimum atomic E-state index is -3.63. The van der Waals surface area contributed by atoms with Crippen LogP contribution in [0.4, 0.5) is 11.4 Å². The van der Waals surface area contributed by atoms with Gasteiger partial charge in [-0.25, -0.2) is 8.42 Å². The molecular weight excluding hydrogens is 260 g/mol. The van der Waals surface area contributed by atoms with Gasteiger partial charge in [-0.1, -0.05) is 6.07 Å². The molecule has 0 aliphatic heterocycles. The van der Waals surface area contributed by atoms with Crippen LogP contribution < -0.4 is 10.5 Å². The number of thiophene rings is 1. The van der Waals surface area contributed by atoms with Crippen molar-refractivity contribution in [1.29, 1.82) is 0 Å². The van der Waals surface area contributed by atoms with E-state index in [9.17, 15) is 13.5 Å². The minimum absolute atomic E-state index is 0.00380. The molecule has 0 amide bonds. The van der Waals surface area contributed by atoms with Gasteiger partial charge in [0.1, 0.15) is 9.96 Å². The molecule has 1 aromatic carbocycles. The molecule has 1 aromatic heterocycles. The lowest BCUT2D eigenvalue weighted by Crippen LogP contribution is -2.11. The largest absolute Gasteiger partial charge is 0.508 e. The summed E-state index contributed by atoms with van der Waals surface area (Å²) in [5, 5.41) is 10.8. The Labute approximate surface area is 103 Å². The number of phenols is 1. The van der Waals surface area contributed by atoms with Crippen LogP contribution in [0.1, 0.15) is 0 Å². The van der Waals surface area contributed by atoms with Crippen LogP contribution in [0.15, 0.2) is 39.9 Å². The fraction of sp³-hybridized carbons (Fsp3) is 0. The molecule has 0 fully saturated rings. The van der Waals surface area contributed by atoms with Gasteiger partial charge < -0.3 is 10.8 Å². The van der Waals surface area contributed by atoms with Gasteiger partial charge in [-0.05, 0) is 18.2 Å². The zero-order chi connectivity index (χ0) is 12.5. The molecule has 5 nitrogen and oxygen atoms in total. The van der Waals surface area contributed by atoms with E-state index in [0.717, 1.165) is 11.3 Å². The highest BCUT2D eigenvalue weighted by atomic mass is 32.2. The Bertz CT molecular complexity index is 635. The second-order valence-electron chi connectivity index (χ2n) is 3.35. The van der Waals surface area contributed by atoms with Crippen LogP contribution in [0.3, 0.4) is 0 Å². The number of rotatable bonds is 3. The van der Waals surface area contributed by atoms with E-state index in [-0.39, 0.29) is 9.96 Å². The van der Waals surface area contributed by atoms with Crippen LogP contribution in [-0.4, -0.2) is 13.5 Å². The van der Waals surface area contributed by atoms with Crippen molar-refractivity contribution in [2.75, 3.05) is 10.5 Å². The molecule has 0 bridgehead atoms. The van der Waals surface area contributed by atoms with Gasteiger partial charge in [0.05, 0.1) is 5.69 Å². The smallest absolute Gasteiger partial charge is 0.271 e. The molecule has 2 aromatic rings. The Kier molecular flexibility index (Phi) is 2.95. The lowest BCUT2D eigenvalue weighted by molar-refractivity contribution is 0.475. The van der Waals surface area contributed by atoms with Gasteiger partial charge in [0.2, 0.25) is 0 Å². The summed E-state index contributed by atoms with van der Waals surface area (Å²) in [7, 11) is -3.63. The SMILES string of the molecule is Nc1csc(S(=O)(=O)Nc2cccc(O)c2)c1. The molecule has 1 heterocycles. The Balaban J connectivity index is 2.29. The van der Waals surface area contributed by atoms with Gasteiger partial charge in [0.25, 0.3) is 10.0 Å². The van der Waals surface area contributed by atoms with Crippen molar-refractivity contribution >= 4 is 32.7 Å². The zero-order valence-electron chi connectivity index (χ0n) is 8.62. The number of nitrogens with one attached hydrogen (secondary N) is 1. The summed E-state index contributed by atoms with van der Waals surface area (Å²) < 4.78 is 26.3. The third-order valence-corrected chi connectivity index (χ3v) is 4.80. The first-order valence-electron chi connectivity index (χ1n) is 4.63. The van der Waals surface area contributed by atoms with Crippen molar-refractivity contribution in [1.82, 2.24) is 0 Å². The molecule has 0 radical (unpaired) electrons. The second kappa shape index (κ2) is 4.27. The Morgan fingerprint density at radius 1 is 1.29 bits per heavy atom. The van der Waals surface area contributed by atoms with E-state index in [1.807, 2.05) is 0 Å². The maximum Gasteiger partial charge on any atom is 0.271 e. The maximum atomic E-state index is 11.9. The molecule has 0 saturated carbocycles. The third-order valence-electron chi connectivity index (χ3n) is 1.96. The van der Waals surface area contributed by atoms with E-state index in [1.54, 1.807) is 17.5 Å². The second-order valence-corrected chi connectivity index (χ2v) is 6.18.